The molecule has 0 atom stereocenters. The van der Waals surface area contributed by atoms with Gasteiger partial charge in [0.25, 0.3) is 5.91 Å². The maximum atomic E-state index is 13.3. The van der Waals surface area contributed by atoms with Gasteiger partial charge in [-0.25, -0.2) is 4.79 Å². The lowest BCUT2D eigenvalue weighted by atomic mass is 9.87. The Labute approximate surface area is 229 Å². The predicted molar refractivity (Wildman–Crippen MR) is 142 cm³/mol. The van der Waals surface area contributed by atoms with Crippen molar-refractivity contribution in [3.8, 4) is 11.5 Å². The number of benzene rings is 3. The summed E-state index contributed by atoms with van der Waals surface area (Å²) in [6, 6.07) is 18.2. The molecule has 3 aromatic carbocycles. The van der Waals surface area contributed by atoms with E-state index >= 15 is 0 Å². The van der Waals surface area contributed by atoms with Gasteiger partial charge in [-0.15, -0.1) is 13.2 Å². The lowest BCUT2D eigenvalue weighted by Crippen LogP contribution is -2.33. The summed E-state index contributed by atoms with van der Waals surface area (Å²) >= 11 is 0. The van der Waals surface area contributed by atoms with Crippen LogP contribution in [0.2, 0.25) is 0 Å². The quantitative estimate of drug-likeness (QED) is 0.320. The Morgan fingerprint density at radius 1 is 0.900 bits per heavy atom. The zero-order valence-corrected chi connectivity index (χ0v) is 22.1. The van der Waals surface area contributed by atoms with Crippen LogP contribution < -0.4 is 19.7 Å². The molecule has 0 aliphatic heterocycles. The normalized spacial score (nSPS) is 11.4. The summed E-state index contributed by atoms with van der Waals surface area (Å²) in [5.74, 6) is -2.23. The number of nitrogens with zero attached hydrogens (tertiary/aromatic N) is 1. The number of ether oxygens (including phenoxy) is 2. The number of rotatable bonds is 9. The van der Waals surface area contributed by atoms with E-state index in [-0.39, 0.29) is 36.2 Å². The first-order valence-corrected chi connectivity index (χ1v) is 12.3. The number of alkyl halides is 3. The second-order valence-electron chi connectivity index (χ2n) is 9.87. The molecule has 0 aromatic heterocycles. The molecule has 0 aliphatic carbocycles. The topological polar surface area (TPSA) is 105 Å². The number of amides is 2. The fraction of sp³-hybridized carbons (Fsp3) is 0.276. The highest BCUT2D eigenvalue weighted by Gasteiger charge is 2.31. The number of halogens is 3. The molecule has 3 aromatic rings. The molecule has 0 fully saturated rings. The van der Waals surface area contributed by atoms with Crippen LogP contribution in [0.15, 0.2) is 72.8 Å². The monoisotopic (exact) mass is 558 g/mol. The second-order valence-corrected chi connectivity index (χ2v) is 9.87. The maximum Gasteiger partial charge on any atom is 0.573 e. The summed E-state index contributed by atoms with van der Waals surface area (Å²) in [4.78, 5) is 37.5. The highest BCUT2D eigenvalue weighted by molar-refractivity contribution is 5.95. The highest BCUT2D eigenvalue weighted by Crippen LogP contribution is 2.28. The third kappa shape index (κ3) is 9.04. The number of carbonyl (C=O) groups is 3. The van der Waals surface area contributed by atoms with Crippen molar-refractivity contribution in [1.82, 2.24) is 5.32 Å². The number of aliphatic carboxylic acids is 1. The Bertz CT molecular complexity index is 1330. The van der Waals surface area contributed by atoms with Gasteiger partial charge in [0.05, 0.1) is 13.0 Å². The minimum Gasteiger partial charge on any atom is -0.481 e. The standard InChI is InChI=1S/C29H29F3N2O6/c1-28(2,3)21-11-7-19(8-12-21)18-34(22-13-9-20(10-14-22)26(37)33-16-15-25(35)36)27(38)39-23-5-4-6-24(17-23)40-29(30,31)32/h4-14,17H,15-16,18H2,1-3H3,(H,33,37)(H,35,36). The summed E-state index contributed by atoms with van der Waals surface area (Å²) in [5, 5.41) is 11.2. The highest BCUT2D eigenvalue weighted by atomic mass is 19.4. The zero-order chi connectivity index (χ0) is 29.5. The SMILES string of the molecule is CC(C)(C)c1ccc(CN(C(=O)Oc2cccc(OC(F)(F)F)c2)c2ccc(C(=O)NCCC(=O)O)cc2)cc1. The largest absolute Gasteiger partial charge is 0.573 e. The van der Waals surface area contributed by atoms with E-state index in [9.17, 15) is 27.6 Å². The van der Waals surface area contributed by atoms with E-state index in [0.29, 0.717) is 5.69 Å². The maximum absolute atomic E-state index is 13.3. The summed E-state index contributed by atoms with van der Waals surface area (Å²) in [5.41, 5.74) is 2.37. The zero-order valence-electron chi connectivity index (χ0n) is 22.1. The third-order valence-electron chi connectivity index (χ3n) is 5.69. The summed E-state index contributed by atoms with van der Waals surface area (Å²) in [7, 11) is 0. The molecule has 0 heterocycles. The van der Waals surface area contributed by atoms with Crippen LogP contribution in [0.3, 0.4) is 0 Å². The van der Waals surface area contributed by atoms with Crippen LogP contribution in [-0.2, 0) is 16.8 Å². The number of hydrogen-bond acceptors (Lipinski definition) is 5. The van der Waals surface area contributed by atoms with Gasteiger partial charge in [-0.05, 0) is 52.9 Å². The van der Waals surface area contributed by atoms with Crippen LogP contribution in [0.4, 0.5) is 23.7 Å². The van der Waals surface area contributed by atoms with Crippen LogP contribution in [0.5, 0.6) is 11.5 Å². The van der Waals surface area contributed by atoms with Crippen molar-refractivity contribution < 1.29 is 42.1 Å². The summed E-state index contributed by atoms with van der Waals surface area (Å²) < 4.78 is 47.2. The van der Waals surface area contributed by atoms with Gasteiger partial charge < -0.3 is 19.9 Å². The number of carbonyl (C=O) groups excluding carboxylic acids is 2. The van der Waals surface area contributed by atoms with E-state index in [2.05, 4.69) is 30.8 Å². The molecule has 0 radical (unpaired) electrons. The number of hydrogen-bond donors (Lipinski definition) is 2. The van der Waals surface area contributed by atoms with Gasteiger partial charge in [0, 0.05) is 23.9 Å². The van der Waals surface area contributed by atoms with E-state index in [1.54, 1.807) is 0 Å². The fourth-order valence-corrected chi connectivity index (χ4v) is 3.62. The molecule has 0 spiro atoms. The number of anilines is 1. The van der Waals surface area contributed by atoms with Crippen LogP contribution in [0.25, 0.3) is 0 Å². The van der Waals surface area contributed by atoms with Gasteiger partial charge in [-0.2, -0.15) is 0 Å². The van der Waals surface area contributed by atoms with Gasteiger partial charge in [0.1, 0.15) is 11.5 Å². The Morgan fingerprint density at radius 2 is 1.52 bits per heavy atom. The van der Waals surface area contributed by atoms with Gasteiger partial charge in [0.15, 0.2) is 0 Å². The minimum atomic E-state index is -4.91. The van der Waals surface area contributed by atoms with Crippen molar-refractivity contribution in [2.24, 2.45) is 0 Å². The fourth-order valence-electron chi connectivity index (χ4n) is 3.62. The molecular weight excluding hydrogens is 529 g/mol. The van der Waals surface area contributed by atoms with Gasteiger partial charge in [0.2, 0.25) is 0 Å². The van der Waals surface area contributed by atoms with Crippen LogP contribution in [-0.4, -0.2) is 36.0 Å². The average Bonchev–Trinajstić information content (AvgIpc) is 2.86. The molecule has 0 bridgehead atoms. The van der Waals surface area contributed by atoms with Crippen LogP contribution in [0.1, 0.15) is 48.7 Å². The first-order chi connectivity index (χ1) is 18.7. The second kappa shape index (κ2) is 12.5. The van der Waals surface area contributed by atoms with E-state index < -0.39 is 30.1 Å². The molecule has 0 unspecified atom stereocenters. The molecule has 212 valence electrons. The summed E-state index contributed by atoms with van der Waals surface area (Å²) in [6.07, 6.45) is -6.01. The average molecular weight is 559 g/mol. The van der Waals surface area contributed by atoms with E-state index in [1.165, 1.54) is 41.3 Å². The Kier molecular flexibility index (Phi) is 9.41. The van der Waals surface area contributed by atoms with Crippen molar-refractivity contribution in [3.63, 3.8) is 0 Å². The molecule has 2 amide bonds. The van der Waals surface area contributed by atoms with E-state index in [0.717, 1.165) is 23.3 Å². The van der Waals surface area contributed by atoms with Crippen molar-refractivity contribution in [2.45, 2.75) is 45.5 Å². The van der Waals surface area contributed by atoms with Gasteiger partial charge >= 0.3 is 18.4 Å². The number of carboxylic acids is 1. The first kappa shape index (κ1) is 30.0. The van der Waals surface area contributed by atoms with Gasteiger partial charge in [-0.3, -0.25) is 14.5 Å². The Morgan fingerprint density at radius 3 is 2.10 bits per heavy atom. The minimum absolute atomic E-state index is 0.0456. The van der Waals surface area contributed by atoms with Crippen LogP contribution in [0, 0.1) is 0 Å². The van der Waals surface area contributed by atoms with Gasteiger partial charge in [-0.1, -0.05) is 51.1 Å². The lowest BCUT2D eigenvalue weighted by molar-refractivity contribution is -0.274. The molecule has 8 nitrogen and oxygen atoms in total. The molecule has 0 saturated carbocycles. The molecule has 0 saturated heterocycles. The Hall–Kier alpha value is -4.54. The van der Waals surface area contributed by atoms with Crippen LogP contribution >= 0.6 is 0 Å². The number of nitrogens with one attached hydrogen (secondary N) is 1. The molecule has 3 rings (SSSR count). The van der Waals surface area contributed by atoms with E-state index in [1.807, 2.05) is 24.3 Å². The number of carboxylic acid groups (broad SMARTS) is 1. The lowest BCUT2D eigenvalue weighted by Gasteiger charge is -2.24. The van der Waals surface area contributed by atoms with Crippen molar-refractivity contribution in [3.05, 3.63) is 89.5 Å². The van der Waals surface area contributed by atoms with Crippen molar-refractivity contribution in [1.29, 1.82) is 0 Å². The van der Waals surface area contributed by atoms with E-state index in [4.69, 9.17) is 9.84 Å². The molecular formula is C29H29F3N2O6. The molecule has 2 N–H and O–H groups in total. The Balaban J connectivity index is 1.85. The summed E-state index contributed by atoms with van der Waals surface area (Å²) in [6.45, 7) is 6.23. The first-order valence-electron chi connectivity index (χ1n) is 12.3. The third-order valence-corrected chi connectivity index (χ3v) is 5.69. The smallest absolute Gasteiger partial charge is 0.481 e. The molecule has 40 heavy (non-hydrogen) atoms. The van der Waals surface area contributed by atoms with Crippen molar-refractivity contribution in [2.75, 3.05) is 11.4 Å². The molecule has 0 aliphatic rings. The van der Waals surface area contributed by atoms with Crippen molar-refractivity contribution >= 4 is 23.7 Å². The molecule has 11 heteroatoms. The predicted octanol–water partition coefficient (Wildman–Crippen LogP) is 6.29.